The van der Waals surface area contributed by atoms with Gasteiger partial charge < -0.3 is 10.1 Å². The maximum Gasteiger partial charge on any atom is 0.250 e. The third kappa shape index (κ3) is 4.75. The monoisotopic (exact) mass is 332 g/mol. The molecule has 2 heterocycles. The van der Waals surface area contributed by atoms with Crippen LogP contribution in [-0.4, -0.2) is 33.7 Å². The third-order valence-corrected chi connectivity index (χ3v) is 6.48. The van der Waals surface area contributed by atoms with Crippen LogP contribution in [0, 0.1) is 0 Å². The smallest absolute Gasteiger partial charge is 0.250 e. The molecule has 1 aliphatic rings. The summed E-state index contributed by atoms with van der Waals surface area (Å²) in [6, 6.07) is 1.74. The van der Waals surface area contributed by atoms with Crippen LogP contribution in [0.3, 0.4) is 0 Å². The Morgan fingerprint density at radius 2 is 2.29 bits per heavy atom. The van der Waals surface area contributed by atoms with Gasteiger partial charge in [0.05, 0.1) is 5.60 Å². The summed E-state index contributed by atoms with van der Waals surface area (Å²) in [7, 11) is -3.43. The van der Waals surface area contributed by atoms with Gasteiger partial charge >= 0.3 is 0 Å². The van der Waals surface area contributed by atoms with E-state index in [1.165, 1.54) is 11.3 Å². The average Bonchev–Trinajstić information content (AvgIpc) is 3.07. The van der Waals surface area contributed by atoms with Crippen molar-refractivity contribution in [3.63, 3.8) is 0 Å². The highest BCUT2D eigenvalue weighted by atomic mass is 32.2. The second kappa shape index (κ2) is 7.19. The number of nitrogens with one attached hydrogen (secondary N) is 2. The van der Waals surface area contributed by atoms with E-state index in [4.69, 9.17) is 4.74 Å². The Morgan fingerprint density at radius 3 is 2.95 bits per heavy atom. The largest absolute Gasteiger partial charge is 0.374 e. The molecule has 2 rings (SSSR count). The predicted molar refractivity (Wildman–Crippen MR) is 85.1 cm³/mol. The zero-order chi connectivity index (χ0) is 15.3. The average molecular weight is 332 g/mol. The van der Waals surface area contributed by atoms with Crippen LogP contribution in [0.4, 0.5) is 0 Å². The van der Waals surface area contributed by atoms with Crippen LogP contribution < -0.4 is 10.0 Å². The molecule has 1 aromatic heterocycles. The van der Waals surface area contributed by atoms with Gasteiger partial charge in [0.1, 0.15) is 4.21 Å². The first-order valence-electron chi connectivity index (χ1n) is 7.37. The first kappa shape index (κ1) is 16.9. The molecule has 0 amide bonds. The Morgan fingerprint density at radius 1 is 1.48 bits per heavy atom. The minimum Gasteiger partial charge on any atom is -0.374 e. The molecular formula is C14H24N2O3S2. The summed E-state index contributed by atoms with van der Waals surface area (Å²) < 4.78 is 33.3. The van der Waals surface area contributed by atoms with Crippen LogP contribution in [0.15, 0.2) is 15.7 Å². The molecule has 0 saturated carbocycles. The molecule has 5 nitrogen and oxygen atoms in total. The molecule has 0 spiro atoms. The molecule has 0 radical (unpaired) electrons. The molecule has 1 fully saturated rings. The topological polar surface area (TPSA) is 67.4 Å². The van der Waals surface area contributed by atoms with Crippen molar-refractivity contribution in [3.05, 3.63) is 17.0 Å². The second-order valence-corrected chi connectivity index (χ2v) is 8.58. The van der Waals surface area contributed by atoms with Crippen LogP contribution in [0.1, 0.15) is 38.7 Å². The van der Waals surface area contributed by atoms with Crippen molar-refractivity contribution < 1.29 is 13.2 Å². The first-order chi connectivity index (χ1) is 9.95. The van der Waals surface area contributed by atoms with Gasteiger partial charge in [-0.1, -0.05) is 6.92 Å². The van der Waals surface area contributed by atoms with Crippen LogP contribution in [0.25, 0.3) is 0 Å². The van der Waals surface area contributed by atoms with Crippen molar-refractivity contribution in [3.8, 4) is 0 Å². The summed E-state index contributed by atoms with van der Waals surface area (Å²) in [6.07, 6.45) is 2.95. The highest BCUT2D eigenvalue weighted by Gasteiger charge is 2.31. The second-order valence-electron chi connectivity index (χ2n) is 5.68. The molecule has 0 bridgehead atoms. The Kier molecular flexibility index (Phi) is 5.79. The normalized spacial score (nSPS) is 22.8. The van der Waals surface area contributed by atoms with E-state index >= 15 is 0 Å². The maximum atomic E-state index is 12.3. The minimum atomic E-state index is -3.43. The molecule has 21 heavy (non-hydrogen) atoms. The van der Waals surface area contributed by atoms with Crippen LogP contribution >= 0.6 is 11.3 Å². The number of ether oxygens (including phenoxy) is 1. The predicted octanol–water partition coefficient (Wildman–Crippen LogP) is 2.10. The Bertz CT molecular complexity index is 548. The van der Waals surface area contributed by atoms with Gasteiger partial charge in [0.15, 0.2) is 0 Å². The summed E-state index contributed by atoms with van der Waals surface area (Å²) >= 11 is 1.26. The fourth-order valence-corrected chi connectivity index (χ4v) is 4.70. The van der Waals surface area contributed by atoms with E-state index in [9.17, 15) is 8.42 Å². The number of hydrogen-bond donors (Lipinski definition) is 2. The Balaban J connectivity index is 1.92. The summed E-state index contributed by atoms with van der Waals surface area (Å²) in [6.45, 7) is 6.75. The van der Waals surface area contributed by atoms with Crippen LogP contribution in [0.5, 0.6) is 0 Å². The van der Waals surface area contributed by atoms with Crippen molar-refractivity contribution >= 4 is 21.4 Å². The fraction of sp³-hybridized carbons (Fsp3) is 0.714. The zero-order valence-corrected chi connectivity index (χ0v) is 14.3. The minimum absolute atomic E-state index is 0.330. The molecule has 1 unspecified atom stereocenters. The third-order valence-electron chi connectivity index (χ3n) is 3.59. The lowest BCUT2D eigenvalue weighted by Gasteiger charge is -2.22. The van der Waals surface area contributed by atoms with E-state index in [2.05, 4.69) is 17.0 Å². The molecule has 1 atom stereocenters. The first-order valence-corrected chi connectivity index (χ1v) is 9.73. The maximum absolute atomic E-state index is 12.3. The van der Waals surface area contributed by atoms with E-state index in [0.29, 0.717) is 23.9 Å². The van der Waals surface area contributed by atoms with Gasteiger partial charge in [0.25, 0.3) is 0 Å². The van der Waals surface area contributed by atoms with E-state index < -0.39 is 10.0 Å². The van der Waals surface area contributed by atoms with E-state index in [0.717, 1.165) is 31.4 Å². The van der Waals surface area contributed by atoms with Gasteiger partial charge in [0.2, 0.25) is 10.0 Å². The van der Waals surface area contributed by atoms with Crippen molar-refractivity contribution in [1.82, 2.24) is 10.0 Å². The number of hydrogen-bond acceptors (Lipinski definition) is 5. The molecule has 7 heteroatoms. The number of sulfonamides is 1. The Hall–Kier alpha value is -0.470. The highest BCUT2D eigenvalue weighted by molar-refractivity contribution is 7.91. The van der Waals surface area contributed by atoms with Gasteiger partial charge in [-0.3, -0.25) is 0 Å². The van der Waals surface area contributed by atoms with Crippen molar-refractivity contribution in [2.75, 3.05) is 19.7 Å². The Labute approximate surface area is 131 Å². The molecular weight excluding hydrogens is 308 g/mol. The molecule has 120 valence electrons. The fourth-order valence-electron chi connectivity index (χ4n) is 2.29. The molecule has 1 aliphatic heterocycles. The standard InChI is InChI=1S/C14H24N2O3S2/c1-3-6-15-9-12-8-13(20-10-12)21(17,18)16-11-14(2)5-4-7-19-14/h8,10,15-16H,3-7,9,11H2,1-2H3. The number of rotatable bonds is 8. The van der Waals surface area contributed by atoms with E-state index in [-0.39, 0.29) is 5.60 Å². The quantitative estimate of drug-likeness (QED) is 0.716. The van der Waals surface area contributed by atoms with Gasteiger partial charge in [-0.05, 0) is 49.7 Å². The number of thiophene rings is 1. The van der Waals surface area contributed by atoms with Gasteiger partial charge in [-0.15, -0.1) is 11.3 Å². The molecule has 0 aromatic carbocycles. The molecule has 0 aliphatic carbocycles. The van der Waals surface area contributed by atoms with Crippen molar-refractivity contribution in [1.29, 1.82) is 0 Å². The van der Waals surface area contributed by atoms with Crippen LogP contribution in [0.2, 0.25) is 0 Å². The lowest BCUT2D eigenvalue weighted by molar-refractivity contribution is 0.0250. The zero-order valence-electron chi connectivity index (χ0n) is 12.6. The van der Waals surface area contributed by atoms with Crippen molar-refractivity contribution in [2.24, 2.45) is 0 Å². The van der Waals surface area contributed by atoms with Gasteiger partial charge in [-0.2, -0.15) is 0 Å². The summed E-state index contributed by atoms with van der Waals surface area (Å²) in [5.74, 6) is 0. The van der Waals surface area contributed by atoms with E-state index in [1.54, 1.807) is 6.07 Å². The molecule has 1 saturated heterocycles. The molecule has 1 aromatic rings. The SMILES string of the molecule is CCCNCc1csc(S(=O)(=O)NCC2(C)CCCO2)c1. The summed E-state index contributed by atoms with van der Waals surface area (Å²) in [5, 5.41) is 5.16. The van der Waals surface area contributed by atoms with Crippen molar-refractivity contribution in [2.45, 2.75) is 49.5 Å². The summed E-state index contributed by atoms with van der Waals surface area (Å²) in [5.41, 5.74) is 0.646. The highest BCUT2D eigenvalue weighted by Crippen LogP contribution is 2.25. The summed E-state index contributed by atoms with van der Waals surface area (Å²) in [4.78, 5) is 0. The van der Waals surface area contributed by atoms with Gasteiger partial charge in [0, 0.05) is 19.7 Å². The van der Waals surface area contributed by atoms with E-state index in [1.807, 2.05) is 12.3 Å². The van der Waals surface area contributed by atoms with Crippen LogP contribution in [-0.2, 0) is 21.3 Å². The van der Waals surface area contributed by atoms with Gasteiger partial charge in [-0.25, -0.2) is 13.1 Å². The lowest BCUT2D eigenvalue weighted by Crippen LogP contribution is -2.39. The molecule has 2 N–H and O–H groups in total. The lowest BCUT2D eigenvalue weighted by atomic mass is 10.0.